The first-order chi connectivity index (χ1) is 12.0. The lowest BCUT2D eigenvalue weighted by Gasteiger charge is -2.33. The number of hydrogen-bond donors (Lipinski definition) is 1. The van der Waals surface area contributed by atoms with Gasteiger partial charge in [0.25, 0.3) is 5.91 Å². The first kappa shape index (κ1) is 19.0. The molecule has 0 aliphatic carbocycles. The average Bonchev–Trinajstić information content (AvgIpc) is 2.66. The van der Waals surface area contributed by atoms with Gasteiger partial charge in [-0.15, -0.1) is 0 Å². The third kappa shape index (κ3) is 4.59. The summed E-state index contributed by atoms with van der Waals surface area (Å²) in [5, 5.41) is 2.83. The zero-order valence-corrected chi connectivity index (χ0v) is 15.1. The van der Waals surface area contributed by atoms with Crippen LogP contribution in [0.4, 0.5) is 5.69 Å². The Bertz CT molecular complexity index is 644. The van der Waals surface area contributed by atoms with Crippen LogP contribution in [-0.2, 0) is 14.3 Å². The zero-order valence-electron chi connectivity index (χ0n) is 15.1. The highest BCUT2D eigenvalue weighted by molar-refractivity contribution is 5.99. The van der Waals surface area contributed by atoms with Crippen LogP contribution in [0.15, 0.2) is 24.3 Å². The summed E-state index contributed by atoms with van der Waals surface area (Å²) in [6.07, 6.45) is 3.13. The van der Waals surface area contributed by atoms with E-state index in [0.717, 1.165) is 19.3 Å². The smallest absolute Gasteiger partial charge is 0.328 e. The Morgan fingerprint density at radius 1 is 1.32 bits per heavy atom. The molecule has 0 radical (unpaired) electrons. The van der Waals surface area contributed by atoms with E-state index in [-0.39, 0.29) is 23.7 Å². The van der Waals surface area contributed by atoms with Crippen molar-refractivity contribution in [3.8, 4) is 0 Å². The fourth-order valence-electron chi connectivity index (χ4n) is 2.90. The first-order valence-corrected chi connectivity index (χ1v) is 8.77. The maximum atomic E-state index is 12.9. The number of nitrogens with one attached hydrogen (secondary N) is 1. The Balaban J connectivity index is 2.17. The predicted octanol–water partition coefficient (Wildman–Crippen LogP) is 2.84. The van der Waals surface area contributed by atoms with Crippen LogP contribution in [0, 0.1) is 5.92 Å². The number of carbonyl (C=O) groups excluding carboxylic acids is 3. The Kier molecular flexibility index (Phi) is 6.56. The van der Waals surface area contributed by atoms with Crippen LogP contribution in [0.25, 0.3) is 0 Å². The molecule has 136 valence electrons. The van der Waals surface area contributed by atoms with Gasteiger partial charge in [0.05, 0.1) is 7.11 Å². The maximum Gasteiger partial charge on any atom is 0.328 e. The molecule has 2 amide bonds. The molecule has 1 aromatic carbocycles. The number of hydrogen-bond acceptors (Lipinski definition) is 4. The number of piperidine rings is 1. The van der Waals surface area contributed by atoms with E-state index in [9.17, 15) is 14.4 Å². The van der Waals surface area contributed by atoms with E-state index < -0.39 is 6.04 Å². The van der Waals surface area contributed by atoms with Crippen molar-refractivity contribution in [2.24, 2.45) is 5.92 Å². The van der Waals surface area contributed by atoms with E-state index in [1.165, 1.54) is 7.11 Å². The number of rotatable bonds is 5. The third-order valence-electron chi connectivity index (χ3n) is 4.67. The second-order valence-electron chi connectivity index (χ2n) is 6.41. The summed E-state index contributed by atoms with van der Waals surface area (Å²) >= 11 is 0. The summed E-state index contributed by atoms with van der Waals surface area (Å²) in [6, 6.07) is 6.31. The van der Waals surface area contributed by atoms with Gasteiger partial charge >= 0.3 is 5.97 Å². The summed E-state index contributed by atoms with van der Waals surface area (Å²) in [6.45, 7) is 4.34. The number of anilines is 1. The lowest BCUT2D eigenvalue weighted by Crippen LogP contribution is -2.48. The van der Waals surface area contributed by atoms with Crippen molar-refractivity contribution in [2.75, 3.05) is 19.0 Å². The molecule has 1 N–H and O–H groups in total. The molecule has 6 heteroatoms. The summed E-state index contributed by atoms with van der Waals surface area (Å²) < 4.78 is 4.83. The Hall–Kier alpha value is -2.37. The maximum absolute atomic E-state index is 12.9. The molecule has 1 heterocycles. The van der Waals surface area contributed by atoms with Gasteiger partial charge in [-0.3, -0.25) is 9.59 Å². The molecule has 6 nitrogen and oxygen atoms in total. The SMILES string of the molecule is CCC(C)C(=O)Nc1cccc(C(=O)N2CCCCC2C(=O)OC)c1. The van der Waals surface area contributed by atoms with E-state index in [0.29, 0.717) is 24.2 Å². The highest BCUT2D eigenvalue weighted by Crippen LogP contribution is 2.22. The highest BCUT2D eigenvalue weighted by atomic mass is 16.5. The predicted molar refractivity (Wildman–Crippen MR) is 95.2 cm³/mol. The number of methoxy groups -OCH3 is 1. The Morgan fingerprint density at radius 2 is 2.08 bits per heavy atom. The molecule has 2 rings (SSSR count). The fourth-order valence-corrected chi connectivity index (χ4v) is 2.90. The number of likely N-dealkylation sites (tertiary alicyclic amines) is 1. The van der Waals surface area contributed by atoms with Crippen molar-refractivity contribution < 1.29 is 19.1 Å². The Labute approximate surface area is 148 Å². The van der Waals surface area contributed by atoms with Gasteiger partial charge in [0.2, 0.25) is 5.91 Å². The Morgan fingerprint density at radius 3 is 2.76 bits per heavy atom. The summed E-state index contributed by atoms with van der Waals surface area (Å²) in [4.78, 5) is 38.4. The van der Waals surface area contributed by atoms with Crippen LogP contribution in [0.5, 0.6) is 0 Å². The molecule has 0 aromatic heterocycles. The molecule has 1 aliphatic heterocycles. The topological polar surface area (TPSA) is 75.7 Å². The largest absolute Gasteiger partial charge is 0.467 e. The van der Waals surface area contributed by atoms with Crippen LogP contribution >= 0.6 is 0 Å². The minimum absolute atomic E-state index is 0.0718. The molecular weight excluding hydrogens is 320 g/mol. The summed E-state index contributed by atoms with van der Waals surface area (Å²) in [7, 11) is 1.34. The van der Waals surface area contributed by atoms with Crippen molar-refractivity contribution in [2.45, 2.75) is 45.6 Å². The van der Waals surface area contributed by atoms with E-state index in [2.05, 4.69) is 5.32 Å². The van der Waals surface area contributed by atoms with Crippen molar-refractivity contribution in [1.82, 2.24) is 4.90 Å². The number of esters is 1. The standard InChI is InChI=1S/C19H26N2O4/c1-4-13(2)17(22)20-15-9-7-8-14(12-15)18(23)21-11-6-5-10-16(21)19(24)25-3/h7-9,12-13,16H,4-6,10-11H2,1-3H3,(H,20,22). The van der Waals surface area contributed by atoms with Gasteiger partial charge < -0.3 is 15.0 Å². The molecule has 1 aliphatic rings. The number of ether oxygens (including phenoxy) is 1. The van der Waals surface area contributed by atoms with Crippen molar-refractivity contribution in [1.29, 1.82) is 0 Å². The number of nitrogens with zero attached hydrogens (tertiary/aromatic N) is 1. The van der Waals surface area contributed by atoms with E-state index in [1.54, 1.807) is 29.2 Å². The minimum atomic E-state index is -0.537. The summed E-state index contributed by atoms with van der Waals surface area (Å²) in [5.74, 6) is -0.758. The molecule has 2 atom stereocenters. The fraction of sp³-hybridized carbons (Fsp3) is 0.526. The van der Waals surface area contributed by atoms with Gasteiger partial charge in [-0.05, 0) is 43.9 Å². The molecule has 1 aromatic rings. The molecule has 25 heavy (non-hydrogen) atoms. The van der Waals surface area contributed by atoms with Gasteiger partial charge in [0.15, 0.2) is 0 Å². The van der Waals surface area contributed by atoms with Crippen molar-refractivity contribution >= 4 is 23.5 Å². The normalized spacial score (nSPS) is 18.4. The van der Waals surface area contributed by atoms with Gasteiger partial charge in [0, 0.05) is 23.7 Å². The van der Waals surface area contributed by atoms with Crippen LogP contribution in [0.3, 0.4) is 0 Å². The second-order valence-corrected chi connectivity index (χ2v) is 6.41. The third-order valence-corrected chi connectivity index (χ3v) is 4.67. The monoisotopic (exact) mass is 346 g/mol. The highest BCUT2D eigenvalue weighted by Gasteiger charge is 2.33. The van der Waals surface area contributed by atoms with E-state index >= 15 is 0 Å². The minimum Gasteiger partial charge on any atom is -0.467 e. The molecule has 1 saturated heterocycles. The second kappa shape index (κ2) is 8.65. The number of benzene rings is 1. The van der Waals surface area contributed by atoms with Crippen molar-refractivity contribution in [3.05, 3.63) is 29.8 Å². The van der Waals surface area contributed by atoms with Crippen LogP contribution in [0.1, 0.15) is 49.9 Å². The molecule has 1 fully saturated rings. The first-order valence-electron chi connectivity index (χ1n) is 8.77. The molecule has 0 saturated carbocycles. The van der Waals surface area contributed by atoms with Gasteiger partial charge in [-0.2, -0.15) is 0 Å². The van der Waals surface area contributed by atoms with Crippen molar-refractivity contribution in [3.63, 3.8) is 0 Å². The van der Waals surface area contributed by atoms with Crippen LogP contribution in [0.2, 0.25) is 0 Å². The number of carbonyl (C=O) groups is 3. The van der Waals surface area contributed by atoms with Crippen LogP contribution < -0.4 is 5.32 Å². The lowest BCUT2D eigenvalue weighted by molar-refractivity contribution is -0.147. The van der Waals surface area contributed by atoms with Gasteiger partial charge in [-0.1, -0.05) is 19.9 Å². The molecular formula is C19H26N2O4. The van der Waals surface area contributed by atoms with E-state index in [1.807, 2.05) is 13.8 Å². The zero-order chi connectivity index (χ0) is 18.4. The molecule has 0 bridgehead atoms. The van der Waals surface area contributed by atoms with Gasteiger partial charge in [0.1, 0.15) is 6.04 Å². The average molecular weight is 346 g/mol. The summed E-state index contributed by atoms with van der Waals surface area (Å²) in [5.41, 5.74) is 1.04. The number of amides is 2. The van der Waals surface area contributed by atoms with E-state index in [4.69, 9.17) is 4.74 Å². The van der Waals surface area contributed by atoms with Crippen LogP contribution in [-0.4, -0.2) is 42.4 Å². The van der Waals surface area contributed by atoms with Gasteiger partial charge in [-0.25, -0.2) is 4.79 Å². The quantitative estimate of drug-likeness (QED) is 0.832. The molecule has 2 unspecified atom stereocenters. The lowest BCUT2D eigenvalue weighted by atomic mass is 10.0. The molecule has 0 spiro atoms.